The van der Waals surface area contributed by atoms with E-state index in [1.165, 1.54) is 23.5 Å². The molecule has 0 unspecified atom stereocenters. The molecule has 4 aromatic carbocycles. The number of fused-ring (bicyclic) bond motifs is 2. The van der Waals surface area contributed by atoms with Crippen LogP contribution in [0.15, 0.2) is 105 Å². The molecule has 18 heteroatoms. The van der Waals surface area contributed by atoms with E-state index < -0.39 is 54.5 Å². The minimum atomic E-state index is -3.65. The number of nitrogens with zero attached hydrogens (tertiary/aromatic N) is 2. The summed E-state index contributed by atoms with van der Waals surface area (Å²) in [7, 11) is -7.30. The summed E-state index contributed by atoms with van der Waals surface area (Å²) in [4.78, 5) is 28.4. The van der Waals surface area contributed by atoms with Crippen molar-refractivity contribution in [3.05, 3.63) is 84.9 Å². The first-order chi connectivity index (χ1) is 32.3. The van der Waals surface area contributed by atoms with Crippen LogP contribution in [-0.4, -0.2) is 101 Å². The molecule has 4 atom stereocenters. The zero-order valence-electron chi connectivity index (χ0n) is 40.0. The SMILES string of the molecule is CCCC[C@@]1(CC)CN(c2ccccc2)c2cc(SC)c(OC[C@@H](N)C(=O)O)cc2S(=O)(=O)C1.CCCC[C@]1(CC)CN(c2ccccc2)c2cc(SC)c(OC[C@@H](N)C(=O)O)cc2S(=O)(=O)C1. The fourth-order valence-corrected chi connectivity index (χ4v) is 14.2. The van der Waals surface area contributed by atoms with Gasteiger partial charge in [0.2, 0.25) is 0 Å². The number of unbranched alkanes of at least 4 members (excludes halogenated alkanes) is 2. The first-order valence-corrected chi connectivity index (χ1v) is 28.8. The molecule has 2 heterocycles. The Morgan fingerprint density at radius 3 is 1.28 bits per heavy atom. The summed E-state index contributed by atoms with van der Waals surface area (Å²) in [5, 5.41) is 18.2. The van der Waals surface area contributed by atoms with Crippen LogP contribution in [0.3, 0.4) is 0 Å². The number of para-hydroxylation sites is 2. The minimum absolute atomic E-state index is 0.0551. The second kappa shape index (κ2) is 23.9. The number of sulfone groups is 2. The molecule has 6 N–H and O–H groups in total. The quantitative estimate of drug-likeness (QED) is 0.0606. The van der Waals surface area contributed by atoms with E-state index in [4.69, 9.17) is 31.2 Å². The molecule has 372 valence electrons. The van der Waals surface area contributed by atoms with E-state index in [1.54, 1.807) is 12.1 Å². The maximum Gasteiger partial charge on any atom is 0.324 e. The third-order valence-electron chi connectivity index (χ3n) is 12.9. The molecular formula is C50H68N4O10S4. The Labute approximate surface area is 411 Å². The average Bonchev–Trinajstić information content (AvgIpc) is 3.50. The number of aliphatic carboxylic acids is 2. The van der Waals surface area contributed by atoms with Crippen molar-refractivity contribution in [3.63, 3.8) is 0 Å². The predicted molar refractivity (Wildman–Crippen MR) is 274 cm³/mol. The predicted octanol–water partition coefficient (Wildman–Crippen LogP) is 9.42. The van der Waals surface area contributed by atoms with Gasteiger partial charge in [-0.25, -0.2) is 16.8 Å². The Balaban J connectivity index is 0.000000254. The van der Waals surface area contributed by atoms with Gasteiger partial charge >= 0.3 is 11.9 Å². The second-order valence-corrected chi connectivity index (χ2v) is 23.3. The van der Waals surface area contributed by atoms with Gasteiger partial charge in [-0.15, -0.1) is 23.5 Å². The number of ether oxygens (including phenoxy) is 2. The molecule has 0 spiro atoms. The zero-order valence-corrected chi connectivity index (χ0v) is 43.2. The lowest BCUT2D eigenvalue weighted by molar-refractivity contribution is -0.140. The Kier molecular flexibility index (Phi) is 19.2. The van der Waals surface area contributed by atoms with Crippen molar-refractivity contribution in [1.82, 2.24) is 0 Å². The van der Waals surface area contributed by atoms with Crippen LogP contribution in [-0.2, 0) is 29.3 Å². The van der Waals surface area contributed by atoms with Crippen LogP contribution in [0.1, 0.15) is 79.1 Å². The molecule has 0 aromatic heterocycles. The van der Waals surface area contributed by atoms with Crippen LogP contribution >= 0.6 is 23.5 Å². The number of carboxylic acid groups (broad SMARTS) is 2. The number of benzene rings is 4. The normalized spacial score (nSPS) is 20.3. The lowest BCUT2D eigenvalue weighted by Gasteiger charge is -2.36. The highest BCUT2D eigenvalue weighted by Crippen LogP contribution is 2.49. The molecule has 6 rings (SSSR count). The Hall–Kier alpha value is -4.46. The van der Waals surface area contributed by atoms with Crippen molar-refractivity contribution in [2.75, 3.05) is 60.1 Å². The molecule has 68 heavy (non-hydrogen) atoms. The van der Waals surface area contributed by atoms with Crippen molar-refractivity contribution in [2.24, 2.45) is 22.3 Å². The summed E-state index contributed by atoms with van der Waals surface area (Å²) in [6.07, 6.45) is 10.8. The van der Waals surface area contributed by atoms with Gasteiger partial charge in [0.1, 0.15) is 36.8 Å². The first-order valence-electron chi connectivity index (χ1n) is 23.1. The average molecular weight is 1010 g/mol. The van der Waals surface area contributed by atoms with Gasteiger partial charge in [-0.05, 0) is 74.6 Å². The maximum atomic E-state index is 13.8. The lowest BCUT2D eigenvalue weighted by Crippen LogP contribution is -2.37. The minimum Gasteiger partial charge on any atom is -0.490 e. The fourth-order valence-electron chi connectivity index (χ4n) is 8.79. The van der Waals surface area contributed by atoms with Gasteiger partial charge in [-0.2, -0.15) is 0 Å². The second-order valence-electron chi connectivity index (χ2n) is 17.7. The summed E-state index contributed by atoms with van der Waals surface area (Å²) in [6, 6.07) is 24.1. The third kappa shape index (κ3) is 13.0. The number of carbonyl (C=O) groups is 2. The standard InChI is InChI=1S/2C25H34N2O5S2/c2*1-4-6-12-25(5-2)16-27(18-10-8-7-9-11-18)20-13-22(33-3)21(32-15-19(26)24(28)29)14-23(20)34(30,31)17-25/h2*7-11,13-14,19H,4-6,12,15-17,26H2,1-3H3,(H,28,29)/t19-,25+;19-,25-/m11/s1. The molecule has 2 aliphatic heterocycles. The number of nitrogens with two attached hydrogens (primary N) is 2. The Bertz CT molecular complexity index is 2390. The van der Waals surface area contributed by atoms with Gasteiger partial charge in [0.05, 0.1) is 42.5 Å². The molecule has 2 aliphatic rings. The van der Waals surface area contributed by atoms with Crippen LogP contribution in [0.25, 0.3) is 0 Å². The molecule has 0 saturated carbocycles. The highest BCUT2D eigenvalue weighted by atomic mass is 32.2. The van der Waals surface area contributed by atoms with E-state index in [0.717, 1.165) is 72.5 Å². The summed E-state index contributed by atoms with van der Waals surface area (Å²) < 4.78 is 66.6. The summed E-state index contributed by atoms with van der Waals surface area (Å²) in [6.45, 7) is 9.07. The number of hydrogen-bond acceptors (Lipinski definition) is 14. The van der Waals surface area contributed by atoms with E-state index >= 15 is 0 Å². The van der Waals surface area contributed by atoms with Crippen molar-refractivity contribution >= 4 is 77.9 Å². The summed E-state index contributed by atoms with van der Waals surface area (Å²) in [5.74, 6) is -1.58. The van der Waals surface area contributed by atoms with E-state index in [2.05, 4.69) is 37.5 Å². The van der Waals surface area contributed by atoms with Crippen molar-refractivity contribution < 1.29 is 46.1 Å². The van der Waals surface area contributed by atoms with E-state index in [0.29, 0.717) is 36.0 Å². The fraction of sp³-hybridized carbons (Fsp3) is 0.480. The molecule has 0 aliphatic carbocycles. The Morgan fingerprint density at radius 2 is 0.985 bits per heavy atom. The first kappa shape index (κ1) is 54.5. The van der Waals surface area contributed by atoms with Crippen LogP contribution in [0.5, 0.6) is 11.5 Å². The van der Waals surface area contributed by atoms with E-state index in [-0.39, 0.29) is 34.5 Å². The van der Waals surface area contributed by atoms with Crippen molar-refractivity contribution in [3.8, 4) is 11.5 Å². The highest BCUT2D eigenvalue weighted by molar-refractivity contribution is 7.99. The largest absolute Gasteiger partial charge is 0.490 e. The monoisotopic (exact) mass is 1010 g/mol. The molecule has 14 nitrogen and oxygen atoms in total. The molecule has 0 amide bonds. The van der Waals surface area contributed by atoms with E-state index in [9.17, 15) is 26.4 Å². The summed E-state index contributed by atoms with van der Waals surface area (Å²) >= 11 is 2.83. The van der Waals surface area contributed by atoms with Crippen molar-refractivity contribution in [1.29, 1.82) is 0 Å². The Morgan fingerprint density at radius 1 is 0.632 bits per heavy atom. The molecular weight excluding hydrogens is 945 g/mol. The van der Waals surface area contributed by atoms with Crippen LogP contribution in [0.4, 0.5) is 22.7 Å². The number of rotatable bonds is 20. The van der Waals surface area contributed by atoms with Crippen LogP contribution < -0.4 is 30.7 Å². The number of hydrogen-bond donors (Lipinski definition) is 4. The van der Waals surface area contributed by atoms with Gasteiger partial charge in [0.15, 0.2) is 19.7 Å². The number of anilines is 4. The van der Waals surface area contributed by atoms with Gasteiger partial charge in [0, 0.05) is 47.4 Å². The lowest BCUT2D eigenvalue weighted by atomic mass is 9.81. The van der Waals surface area contributed by atoms with Gasteiger partial charge < -0.3 is 41.0 Å². The molecule has 0 fully saturated rings. The van der Waals surface area contributed by atoms with Crippen LogP contribution in [0, 0.1) is 10.8 Å². The van der Waals surface area contributed by atoms with E-state index in [1.807, 2.05) is 85.3 Å². The van der Waals surface area contributed by atoms with Crippen molar-refractivity contribution in [2.45, 2.75) is 111 Å². The highest BCUT2D eigenvalue weighted by Gasteiger charge is 2.43. The summed E-state index contributed by atoms with van der Waals surface area (Å²) in [5.41, 5.74) is 13.6. The third-order valence-corrected chi connectivity index (χ3v) is 18.4. The molecule has 0 saturated heterocycles. The van der Waals surface area contributed by atoms with Gasteiger partial charge in [-0.1, -0.05) is 89.8 Å². The number of thioether (sulfide) groups is 2. The van der Waals surface area contributed by atoms with Gasteiger partial charge in [0.25, 0.3) is 0 Å². The zero-order chi connectivity index (χ0) is 49.9. The topological polar surface area (TPSA) is 220 Å². The number of carboxylic acids is 2. The van der Waals surface area contributed by atoms with Gasteiger partial charge in [-0.3, -0.25) is 9.59 Å². The smallest absolute Gasteiger partial charge is 0.324 e. The van der Waals surface area contributed by atoms with Crippen LogP contribution in [0.2, 0.25) is 0 Å². The molecule has 0 bridgehead atoms. The molecule has 0 radical (unpaired) electrons. The molecule has 4 aromatic rings. The maximum absolute atomic E-state index is 13.8.